The lowest BCUT2D eigenvalue weighted by atomic mass is 9.79. The summed E-state index contributed by atoms with van der Waals surface area (Å²) in [4.78, 5) is 15.4. The highest BCUT2D eigenvalue weighted by molar-refractivity contribution is 6.03. The van der Waals surface area contributed by atoms with Crippen molar-refractivity contribution in [2.75, 3.05) is 5.32 Å². The number of nitrogens with zero attached hydrogens (tertiary/aromatic N) is 2. The van der Waals surface area contributed by atoms with Gasteiger partial charge in [0, 0.05) is 48.1 Å². The number of aromatic amines is 1. The van der Waals surface area contributed by atoms with Crippen LogP contribution in [0.4, 0.5) is 27.6 Å². The van der Waals surface area contributed by atoms with E-state index in [4.69, 9.17) is 0 Å². The summed E-state index contributed by atoms with van der Waals surface area (Å²) in [6.07, 6.45) is 0.0553. The number of fused-ring (bicyclic) bond motifs is 1. The molecule has 1 saturated carbocycles. The summed E-state index contributed by atoms with van der Waals surface area (Å²) in [5.74, 6) is -3.29. The first-order valence-electron chi connectivity index (χ1n) is 10.6. The van der Waals surface area contributed by atoms with Crippen LogP contribution in [0.5, 0.6) is 0 Å². The fraction of sp³-hybridized carbons (Fsp3) is 0.250. The zero-order valence-electron chi connectivity index (χ0n) is 17.7. The van der Waals surface area contributed by atoms with E-state index in [0.717, 1.165) is 34.2 Å². The second-order valence-electron chi connectivity index (χ2n) is 8.56. The average molecular weight is 474 g/mol. The third-order valence-electron chi connectivity index (χ3n) is 5.98. The maximum absolute atomic E-state index is 13.0. The van der Waals surface area contributed by atoms with Crippen LogP contribution in [-0.2, 0) is 11.0 Å². The van der Waals surface area contributed by atoms with Gasteiger partial charge in [0.05, 0.1) is 23.1 Å². The molecule has 0 aliphatic heterocycles. The highest BCUT2D eigenvalue weighted by Gasteiger charge is 2.45. The Balaban J connectivity index is 1.34. The minimum atomic E-state index is -4.41. The molecule has 1 fully saturated rings. The fourth-order valence-electron chi connectivity index (χ4n) is 4.21. The maximum atomic E-state index is 13.0. The molecular formula is C24H19F5N4O. The van der Waals surface area contributed by atoms with Gasteiger partial charge in [-0.05, 0) is 47.9 Å². The number of H-pyrrole nitrogens is 1. The minimum Gasteiger partial charge on any atom is -0.359 e. The molecule has 4 aromatic rings. The number of benzene rings is 2. The van der Waals surface area contributed by atoms with Crippen molar-refractivity contribution in [3.8, 4) is 16.8 Å². The fourth-order valence-corrected chi connectivity index (χ4v) is 4.21. The molecule has 1 aliphatic carbocycles. The first-order valence-corrected chi connectivity index (χ1v) is 10.6. The van der Waals surface area contributed by atoms with Crippen LogP contribution in [0.25, 0.3) is 27.7 Å². The van der Waals surface area contributed by atoms with Crippen molar-refractivity contribution in [2.24, 2.45) is 5.92 Å². The van der Waals surface area contributed by atoms with Crippen molar-refractivity contribution < 1.29 is 26.7 Å². The smallest absolute Gasteiger partial charge is 0.359 e. The molecule has 176 valence electrons. The van der Waals surface area contributed by atoms with Crippen LogP contribution >= 0.6 is 0 Å². The van der Waals surface area contributed by atoms with E-state index >= 15 is 0 Å². The average Bonchev–Trinajstić information content (AvgIpc) is 3.39. The Kier molecular flexibility index (Phi) is 5.18. The van der Waals surface area contributed by atoms with Crippen molar-refractivity contribution in [1.29, 1.82) is 0 Å². The SMILES string of the molecule is O=C(CC1CC(F)(F)C1)Nc1c[nH]c2ccc(-c3cnn(-c4ccc(C(F)(F)F)cc4)c3)cc12. The summed E-state index contributed by atoms with van der Waals surface area (Å²) in [5, 5.41) is 7.78. The predicted molar refractivity (Wildman–Crippen MR) is 117 cm³/mol. The van der Waals surface area contributed by atoms with Gasteiger partial charge in [-0.1, -0.05) is 6.07 Å². The van der Waals surface area contributed by atoms with E-state index in [1.807, 2.05) is 18.2 Å². The molecule has 10 heteroatoms. The van der Waals surface area contributed by atoms with Crippen LogP contribution < -0.4 is 5.32 Å². The van der Waals surface area contributed by atoms with Gasteiger partial charge in [-0.25, -0.2) is 13.5 Å². The summed E-state index contributed by atoms with van der Waals surface area (Å²) in [6.45, 7) is 0. The minimum absolute atomic E-state index is 0.0435. The Morgan fingerprint density at radius 1 is 1.12 bits per heavy atom. The second kappa shape index (κ2) is 7.96. The van der Waals surface area contributed by atoms with Crippen LogP contribution in [-0.4, -0.2) is 26.6 Å². The molecule has 0 atom stereocenters. The molecule has 0 unspecified atom stereocenters. The lowest BCUT2D eigenvalue weighted by Gasteiger charge is -2.34. The number of hydrogen-bond donors (Lipinski definition) is 2. The molecule has 2 heterocycles. The normalized spacial score (nSPS) is 15.9. The molecule has 34 heavy (non-hydrogen) atoms. The Hall–Kier alpha value is -3.69. The number of amides is 1. The zero-order valence-corrected chi connectivity index (χ0v) is 17.7. The monoisotopic (exact) mass is 474 g/mol. The van der Waals surface area contributed by atoms with Crippen LogP contribution in [0.2, 0.25) is 0 Å². The summed E-state index contributed by atoms with van der Waals surface area (Å²) < 4.78 is 65.9. The van der Waals surface area contributed by atoms with Crippen LogP contribution in [0.3, 0.4) is 0 Å². The first kappa shape index (κ1) is 22.1. The number of carbonyl (C=O) groups is 1. The van der Waals surface area contributed by atoms with Gasteiger partial charge < -0.3 is 10.3 Å². The molecule has 0 saturated heterocycles. The molecule has 5 nitrogen and oxygen atoms in total. The van der Waals surface area contributed by atoms with E-state index in [2.05, 4.69) is 15.4 Å². The van der Waals surface area contributed by atoms with E-state index in [0.29, 0.717) is 11.4 Å². The summed E-state index contributed by atoms with van der Waals surface area (Å²) in [7, 11) is 0. The Bertz CT molecular complexity index is 1350. The molecule has 2 aromatic carbocycles. The van der Waals surface area contributed by atoms with E-state index in [-0.39, 0.29) is 31.1 Å². The second-order valence-corrected chi connectivity index (χ2v) is 8.56. The molecule has 0 radical (unpaired) electrons. The Morgan fingerprint density at radius 3 is 2.53 bits per heavy atom. The first-order chi connectivity index (χ1) is 16.1. The van der Waals surface area contributed by atoms with E-state index in [1.165, 1.54) is 16.8 Å². The predicted octanol–water partition coefficient (Wildman–Crippen LogP) is 6.41. The highest BCUT2D eigenvalue weighted by atomic mass is 19.4. The molecule has 2 aromatic heterocycles. The van der Waals surface area contributed by atoms with Gasteiger partial charge in [-0.2, -0.15) is 18.3 Å². The number of anilines is 1. The number of aromatic nitrogens is 3. The number of rotatable bonds is 5. The molecule has 0 spiro atoms. The summed E-state index contributed by atoms with van der Waals surface area (Å²) in [5.41, 5.74) is 2.60. The van der Waals surface area contributed by atoms with Gasteiger partial charge in [-0.3, -0.25) is 4.79 Å². The molecule has 0 bridgehead atoms. The Labute approximate surface area is 190 Å². The van der Waals surface area contributed by atoms with Crippen LogP contribution in [0.15, 0.2) is 61.1 Å². The topological polar surface area (TPSA) is 62.7 Å². The standard InChI is InChI=1S/C24H19F5N4O/c25-23(26)9-14(10-23)7-22(34)32-21-12-30-20-6-1-15(8-19(20)21)16-11-31-33(13-16)18-4-2-17(3-5-18)24(27,28)29/h1-6,8,11-14,30H,7,9-10H2,(H,32,34). The quantitative estimate of drug-likeness (QED) is 0.328. The number of carbonyl (C=O) groups excluding carboxylic acids is 1. The summed E-state index contributed by atoms with van der Waals surface area (Å²) >= 11 is 0. The third kappa shape index (κ3) is 4.40. The van der Waals surface area contributed by atoms with Gasteiger partial charge in [0.1, 0.15) is 0 Å². The summed E-state index contributed by atoms with van der Waals surface area (Å²) in [6, 6.07) is 10.2. The number of halogens is 5. The van der Waals surface area contributed by atoms with Crippen LogP contribution in [0, 0.1) is 5.92 Å². The van der Waals surface area contributed by atoms with Crippen molar-refractivity contribution in [3.63, 3.8) is 0 Å². The molecule has 5 rings (SSSR count). The van der Waals surface area contributed by atoms with Gasteiger partial charge in [0.15, 0.2) is 0 Å². The maximum Gasteiger partial charge on any atom is 0.416 e. The largest absolute Gasteiger partial charge is 0.416 e. The number of nitrogens with one attached hydrogen (secondary N) is 2. The van der Waals surface area contributed by atoms with E-state index in [1.54, 1.807) is 18.6 Å². The van der Waals surface area contributed by atoms with Crippen molar-refractivity contribution in [1.82, 2.24) is 14.8 Å². The lowest BCUT2D eigenvalue weighted by molar-refractivity contribution is -0.137. The van der Waals surface area contributed by atoms with Gasteiger partial charge in [-0.15, -0.1) is 0 Å². The van der Waals surface area contributed by atoms with Gasteiger partial charge >= 0.3 is 6.18 Å². The molecular weight excluding hydrogens is 455 g/mol. The van der Waals surface area contributed by atoms with Crippen molar-refractivity contribution >= 4 is 22.5 Å². The molecule has 1 amide bonds. The highest BCUT2D eigenvalue weighted by Crippen LogP contribution is 2.44. The Morgan fingerprint density at radius 2 is 1.85 bits per heavy atom. The van der Waals surface area contributed by atoms with E-state index < -0.39 is 17.7 Å². The van der Waals surface area contributed by atoms with Gasteiger partial charge in [0.25, 0.3) is 0 Å². The molecule has 2 N–H and O–H groups in total. The van der Waals surface area contributed by atoms with Crippen molar-refractivity contribution in [2.45, 2.75) is 31.4 Å². The molecule has 1 aliphatic rings. The van der Waals surface area contributed by atoms with E-state index in [9.17, 15) is 26.7 Å². The zero-order chi connectivity index (χ0) is 24.1. The van der Waals surface area contributed by atoms with Crippen molar-refractivity contribution in [3.05, 3.63) is 66.6 Å². The van der Waals surface area contributed by atoms with Gasteiger partial charge in [0.2, 0.25) is 11.8 Å². The third-order valence-corrected chi connectivity index (χ3v) is 5.98. The van der Waals surface area contributed by atoms with Crippen LogP contribution in [0.1, 0.15) is 24.8 Å². The number of hydrogen-bond acceptors (Lipinski definition) is 2. The lowest BCUT2D eigenvalue weighted by Crippen LogP contribution is -2.37. The number of alkyl halides is 5.